The Hall–Kier alpha value is -3.02. The van der Waals surface area contributed by atoms with Gasteiger partial charge in [0.15, 0.2) is 0 Å². The maximum Gasteiger partial charge on any atom is 0.431 e. The highest BCUT2D eigenvalue weighted by Crippen LogP contribution is 2.19. The molecule has 0 saturated carbocycles. The largest absolute Gasteiger partial charge is 0.448 e. The first kappa shape index (κ1) is 23.6. The summed E-state index contributed by atoms with van der Waals surface area (Å²) >= 11 is 0. The molecule has 1 amide bonds. The van der Waals surface area contributed by atoms with E-state index in [1.165, 1.54) is 0 Å². The highest BCUT2D eigenvalue weighted by Gasteiger charge is 2.20. The lowest BCUT2D eigenvalue weighted by molar-refractivity contribution is -0.00584. The smallest absolute Gasteiger partial charge is 0.431 e. The molecule has 0 atom stereocenters. The van der Waals surface area contributed by atoms with Gasteiger partial charge in [0.1, 0.15) is 11.4 Å². The number of amides is 1. The molecule has 3 N–H and O–H groups in total. The van der Waals surface area contributed by atoms with Crippen LogP contribution in [0.2, 0.25) is 0 Å². The first-order valence-electron chi connectivity index (χ1n) is 10.7. The van der Waals surface area contributed by atoms with Gasteiger partial charge in [-0.05, 0) is 31.4 Å². The van der Waals surface area contributed by atoms with Crippen LogP contribution < -0.4 is 27.0 Å². The summed E-state index contributed by atoms with van der Waals surface area (Å²) in [6.07, 6.45) is 4.81. The molecule has 1 aromatic heterocycles. The molecule has 0 radical (unpaired) electrons. The monoisotopic (exact) mass is 447 g/mol. The molecule has 1 aromatic carbocycles. The number of nitrogens with zero attached hydrogens (tertiary/aromatic N) is 2. The van der Waals surface area contributed by atoms with Gasteiger partial charge in [-0.15, -0.1) is 0 Å². The number of hydroxylamine groups is 1. The number of rotatable bonds is 13. The van der Waals surface area contributed by atoms with E-state index in [0.29, 0.717) is 30.9 Å². The van der Waals surface area contributed by atoms with Crippen molar-refractivity contribution in [2.45, 2.75) is 19.3 Å². The Morgan fingerprint density at radius 1 is 1.03 bits per heavy atom. The van der Waals surface area contributed by atoms with Gasteiger partial charge in [-0.2, -0.15) is 5.48 Å². The summed E-state index contributed by atoms with van der Waals surface area (Å²) in [5, 5.41) is 5.95. The van der Waals surface area contributed by atoms with Gasteiger partial charge in [0, 0.05) is 44.3 Å². The summed E-state index contributed by atoms with van der Waals surface area (Å²) in [4.78, 5) is 46.4. The van der Waals surface area contributed by atoms with E-state index in [1.807, 2.05) is 0 Å². The van der Waals surface area contributed by atoms with Crippen molar-refractivity contribution >= 4 is 23.2 Å². The standard InChI is InChI=1S/C21H29N5O6/c27-19-17(18(20(19)28)24-16-4-7-22-8-5-16)23-6-2-1-3-12-31-21(29)25-32-15-11-26-9-13-30-14-10-26/h4-5,7-8,23H,1-3,6,9-15H2,(H,22,24)(H,25,29). The van der Waals surface area contributed by atoms with E-state index in [9.17, 15) is 14.4 Å². The van der Waals surface area contributed by atoms with Crippen LogP contribution >= 0.6 is 0 Å². The zero-order valence-electron chi connectivity index (χ0n) is 17.9. The van der Waals surface area contributed by atoms with Crippen LogP contribution in [0.1, 0.15) is 19.3 Å². The van der Waals surface area contributed by atoms with Gasteiger partial charge in [0.25, 0.3) is 10.9 Å². The van der Waals surface area contributed by atoms with Crippen LogP contribution in [0.5, 0.6) is 0 Å². The number of anilines is 3. The van der Waals surface area contributed by atoms with Gasteiger partial charge in [-0.1, -0.05) is 0 Å². The van der Waals surface area contributed by atoms with E-state index < -0.39 is 17.0 Å². The van der Waals surface area contributed by atoms with Crippen molar-refractivity contribution in [2.24, 2.45) is 0 Å². The molecule has 3 rings (SSSR count). The van der Waals surface area contributed by atoms with E-state index in [4.69, 9.17) is 14.3 Å². The maximum atomic E-state index is 11.8. The fraction of sp³-hybridized carbons (Fsp3) is 0.524. The predicted octanol–water partition coefficient (Wildman–Crippen LogP) is 0.993. The highest BCUT2D eigenvalue weighted by atomic mass is 16.7. The minimum atomic E-state index is -0.610. The molecule has 0 bridgehead atoms. The van der Waals surface area contributed by atoms with Crippen molar-refractivity contribution in [1.29, 1.82) is 0 Å². The van der Waals surface area contributed by atoms with Crippen LogP contribution in [-0.2, 0) is 14.3 Å². The fourth-order valence-corrected chi connectivity index (χ4v) is 3.18. The minimum Gasteiger partial charge on any atom is -0.448 e. The van der Waals surface area contributed by atoms with Crippen LogP contribution in [0.4, 0.5) is 21.9 Å². The van der Waals surface area contributed by atoms with Crippen molar-refractivity contribution in [3.8, 4) is 0 Å². The number of aromatic nitrogens is 1. The van der Waals surface area contributed by atoms with Crippen molar-refractivity contribution in [3.05, 3.63) is 45.0 Å². The molecule has 1 fully saturated rings. The number of morpholine rings is 1. The summed E-state index contributed by atoms with van der Waals surface area (Å²) in [6.45, 7) is 5.10. The maximum absolute atomic E-state index is 11.8. The molecule has 2 aromatic rings. The second-order valence-corrected chi connectivity index (χ2v) is 7.30. The molecule has 1 aliphatic rings. The first-order valence-corrected chi connectivity index (χ1v) is 10.7. The van der Waals surface area contributed by atoms with E-state index in [1.54, 1.807) is 24.5 Å². The zero-order chi connectivity index (χ0) is 22.6. The van der Waals surface area contributed by atoms with Gasteiger partial charge >= 0.3 is 6.09 Å². The Bertz CT molecular complexity index is 909. The molecule has 0 unspecified atom stereocenters. The highest BCUT2D eigenvalue weighted by molar-refractivity contribution is 5.78. The van der Waals surface area contributed by atoms with Crippen molar-refractivity contribution in [2.75, 3.05) is 63.2 Å². The van der Waals surface area contributed by atoms with Gasteiger partial charge in [0.05, 0.1) is 26.4 Å². The van der Waals surface area contributed by atoms with Crippen LogP contribution in [0, 0.1) is 0 Å². The Morgan fingerprint density at radius 2 is 1.78 bits per heavy atom. The van der Waals surface area contributed by atoms with E-state index in [2.05, 4.69) is 26.0 Å². The SMILES string of the molecule is O=C(NOCCN1CCOCC1)OCCCCCNc1c(Nc2ccncc2)c(=O)c1=O. The number of carbonyl (C=O) groups excluding carboxylic acids is 1. The molecular weight excluding hydrogens is 418 g/mol. The summed E-state index contributed by atoms with van der Waals surface area (Å²) in [5.41, 5.74) is 2.49. The summed E-state index contributed by atoms with van der Waals surface area (Å²) in [6, 6.07) is 3.43. The molecule has 174 valence electrons. The second kappa shape index (κ2) is 12.7. The van der Waals surface area contributed by atoms with Crippen molar-refractivity contribution in [3.63, 3.8) is 0 Å². The lowest BCUT2D eigenvalue weighted by atomic mass is 10.1. The van der Waals surface area contributed by atoms with E-state index in [-0.39, 0.29) is 12.3 Å². The van der Waals surface area contributed by atoms with Crippen LogP contribution in [0.3, 0.4) is 0 Å². The molecular formula is C21H29N5O6. The third-order valence-electron chi connectivity index (χ3n) is 4.98. The average molecular weight is 447 g/mol. The van der Waals surface area contributed by atoms with E-state index >= 15 is 0 Å². The third-order valence-corrected chi connectivity index (χ3v) is 4.98. The summed E-state index contributed by atoms with van der Waals surface area (Å²) in [7, 11) is 0. The van der Waals surface area contributed by atoms with Crippen LogP contribution in [-0.4, -0.2) is 68.6 Å². The number of hydrogen-bond donors (Lipinski definition) is 3. The van der Waals surface area contributed by atoms with Crippen LogP contribution in [0.25, 0.3) is 0 Å². The molecule has 0 aliphatic carbocycles. The Kier molecular flexibility index (Phi) is 9.41. The Morgan fingerprint density at radius 3 is 2.56 bits per heavy atom. The van der Waals surface area contributed by atoms with Gasteiger partial charge in [-0.3, -0.25) is 24.3 Å². The summed E-state index contributed by atoms with van der Waals surface area (Å²) in [5.74, 6) is 0. The lowest BCUT2D eigenvalue weighted by Gasteiger charge is -2.26. The second-order valence-electron chi connectivity index (χ2n) is 7.30. The zero-order valence-corrected chi connectivity index (χ0v) is 17.9. The number of unbranched alkanes of at least 4 members (excludes halogenated alkanes) is 2. The topological polar surface area (TPSA) is 131 Å². The Labute approximate surface area is 185 Å². The van der Waals surface area contributed by atoms with Gasteiger partial charge < -0.3 is 20.1 Å². The fourth-order valence-electron chi connectivity index (χ4n) is 3.18. The van der Waals surface area contributed by atoms with E-state index in [0.717, 1.165) is 45.7 Å². The normalized spacial score (nSPS) is 14.2. The molecule has 0 spiro atoms. The van der Waals surface area contributed by atoms with Crippen LogP contribution in [0.15, 0.2) is 34.1 Å². The molecule has 2 heterocycles. The van der Waals surface area contributed by atoms with Gasteiger partial charge in [0.2, 0.25) is 0 Å². The molecule has 1 aliphatic heterocycles. The average Bonchev–Trinajstić information content (AvgIpc) is 2.83. The van der Waals surface area contributed by atoms with Crippen molar-refractivity contribution in [1.82, 2.24) is 15.4 Å². The first-order chi connectivity index (χ1) is 15.6. The molecule has 11 nitrogen and oxygen atoms in total. The molecule has 32 heavy (non-hydrogen) atoms. The minimum absolute atomic E-state index is 0.271. The summed E-state index contributed by atoms with van der Waals surface area (Å²) < 4.78 is 10.3. The number of pyridine rings is 1. The van der Waals surface area contributed by atoms with Gasteiger partial charge in [-0.25, -0.2) is 4.79 Å². The predicted molar refractivity (Wildman–Crippen MR) is 119 cm³/mol. The Balaban J connectivity index is 1.21. The number of carbonyl (C=O) groups is 1. The number of nitrogens with one attached hydrogen (secondary N) is 3. The number of hydrogen-bond acceptors (Lipinski definition) is 10. The quantitative estimate of drug-likeness (QED) is 0.232. The van der Waals surface area contributed by atoms with Crippen molar-refractivity contribution < 1.29 is 19.1 Å². The molecule has 1 saturated heterocycles. The number of ether oxygens (including phenoxy) is 2. The third kappa shape index (κ3) is 7.29. The molecule has 11 heteroatoms. The lowest BCUT2D eigenvalue weighted by Crippen LogP contribution is -2.39.